The molecule has 0 aromatic carbocycles. The number of anilines is 1. The lowest BCUT2D eigenvalue weighted by Crippen LogP contribution is -2.43. The van der Waals surface area contributed by atoms with Crippen molar-refractivity contribution in [2.45, 2.75) is 39.2 Å². The molecule has 206 valence electrons. The predicted molar refractivity (Wildman–Crippen MR) is 159 cm³/mol. The summed E-state index contributed by atoms with van der Waals surface area (Å²) in [6.07, 6.45) is 11.7. The summed E-state index contributed by atoms with van der Waals surface area (Å²) in [5.74, 6) is 0.00145. The van der Waals surface area contributed by atoms with Crippen LogP contribution in [0.5, 0.6) is 0 Å². The van der Waals surface area contributed by atoms with Gasteiger partial charge in [0.2, 0.25) is 5.91 Å². The Bertz CT molecular complexity index is 1590. The van der Waals surface area contributed by atoms with E-state index in [1.54, 1.807) is 18.6 Å². The monoisotopic (exact) mass is 537 g/mol. The highest BCUT2D eigenvalue weighted by Gasteiger charge is 2.25. The molecule has 0 aliphatic carbocycles. The van der Waals surface area contributed by atoms with Crippen LogP contribution in [0.3, 0.4) is 0 Å². The van der Waals surface area contributed by atoms with E-state index in [0.29, 0.717) is 17.8 Å². The molecule has 1 unspecified atom stereocenters. The number of amides is 1. The maximum absolute atomic E-state index is 12.2. The van der Waals surface area contributed by atoms with Crippen LogP contribution in [-0.4, -0.2) is 80.3 Å². The van der Waals surface area contributed by atoms with Crippen LogP contribution < -0.4 is 5.32 Å². The Morgan fingerprint density at radius 2 is 1.93 bits per heavy atom. The van der Waals surface area contributed by atoms with Crippen LogP contribution in [0, 0.1) is 0 Å². The Labute approximate surface area is 233 Å². The number of aromatic nitrogens is 5. The molecular formula is C30H35N9O. The third-order valence-electron chi connectivity index (χ3n) is 7.72. The zero-order chi connectivity index (χ0) is 27.6. The lowest BCUT2D eigenvalue weighted by Gasteiger charge is -2.35. The van der Waals surface area contributed by atoms with Crippen molar-refractivity contribution in [2.24, 2.45) is 4.99 Å². The molecule has 0 bridgehead atoms. The summed E-state index contributed by atoms with van der Waals surface area (Å²) in [4.78, 5) is 34.4. The van der Waals surface area contributed by atoms with E-state index in [2.05, 4.69) is 79.4 Å². The van der Waals surface area contributed by atoms with Crippen molar-refractivity contribution in [1.29, 1.82) is 0 Å². The van der Waals surface area contributed by atoms with Gasteiger partial charge in [-0.15, -0.1) is 0 Å². The van der Waals surface area contributed by atoms with E-state index < -0.39 is 0 Å². The van der Waals surface area contributed by atoms with E-state index in [9.17, 15) is 4.79 Å². The molecule has 4 aromatic rings. The smallest absolute Gasteiger partial charge is 0.224 e. The average Bonchev–Trinajstić information content (AvgIpc) is 3.56. The number of hydrogen-bond donors (Lipinski definition) is 3. The number of aliphatic imine (C=N–C) groups is 1. The molecule has 1 fully saturated rings. The first-order chi connectivity index (χ1) is 19.5. The number of carbonyl (C=O) groups excluding carboxylic acids is 1. The second kappa shape index (κ2) is 11.1. The zero-order valence-corrected chi connectivity index (χ0v) is 23.2. The van der Waals surface area contributed by atoms with Crippen LogP contribution in [-0.2, 0) is 4.79 Å². The highest BCUT2D eigenvalue weighted by molar-refractivity contribution is 5.95. The molecule has 0 spiro atoms. The molecule has 0 saturated carbocycles. The number of pyridine rings is 2. The summed E-state index contributed by atoms with van der Waals surface area (Å²) >= 11 is 0. The first-order valence-corrected chi connectivity index (χ1v) is 14.0. The number of likely N-dealkylation sites (N-methyl/N-ethyl adjacent to an activating group) is 1. The minimum atomic E-state index is 0.00145. The van der Waals surface area contributed by atoms with Crippen molar-refractivity contribution >= 4 is 34.5 Å². The molecule has 2 aliphatic rings. The second-order valence-electron chi connectivity index (χ2n) is 10.6. The van der Waals surface area contributed by atoms with Crippen LogP contribution in [0.4, 0.5) is 5.69 Å². The maximum Gasteiger partial charge on any atom is 0.224 e. The lowest BCUT2D eigenvalue weighted by atomic mass is 10.1. The van der Waals surface area contributed by atoms with Crippen LogP contribution in [0.2, 0.25) is 0 Å². The summed E-state index contributed by atoms with van der Waals surface area (Å²) in [5, 5.41) is 11.6. The van der Waals surface area contributed by atoms with Crippen LogP contribution in [0.1, 0.15) is 50.4 Å². The van der Waals surface area contributed by atoms with Gasteiger partial charge < -0.3 is 20.1 Å². The van der Waals surface area contributed by atoms with Gasteiger partial charge in [0.25, 0.3) is 0 Å². The van der Waals surface area contributed by atoms with Gasteiger partial charge in [-0.05, 0) is 44.7 Å². The Balaban J connectivity index is 1.33. The molecule has 4 aromatic heterocycles. The minimum absolute atomic E-state index is 0.00145. The molecule has 10 heteroatoms. The summed E-state index contributed by atoms with van der Waals surface area (Å²) in [6.45, 7) is 8.23. The molecule has 1 atom stereocenters. The van der Waals surface area contributed by atoms with Gasteiger partial charge in [-0.3, -0.25) is 19.9 Å². The number of aromatic amines is 2. The summed E-state index contributed by atoms with van der Waals surface area (Å²) in [5.41, 5.74) is 8.39. The summed E-state index contributed by atoms with van der Waals surface area (Å²) in [6, 6.07) is 6.22. The number of H-pyrrole nitrogens is 2. The molecular weight excluding hydrogens is 502 g/mol. The van der Waals surface area contributed by atoms with Gasteiger partial charge in [0.05, 0.1) is 29.3 Å². The average molecular weight is 538 g/mol. The van der Waals surface area contributed by atoms with Crippen molar-refractivity contribution in [3.05, 3.63) is 54.1 Å². The van der Waals surface area contributed by atoms with Crippen LogP contribution in [0.25, 0.3) is 39.2 Å². The van der Waals surface area contributed by atoms with Crippen molar-refractivity contribution in [3.63, 3.8) is 0 Å². The minimum Gasteiger partial charge on any atom is -0.368 e. The van der Waals surface area contributed by atoms with Gasteiger partial charge in [-0.25, -0.2) is 4.98 Å². The topological polar surface area (TPSA) is 118 Å². The lowest BCUT2D eigenvalue weighted by molar-refractivity contribution is -0.116. The van der Waals surface area contributed by atoms with E-state index in [1.165, 1.54) is 11.3 Å². The van der Waals surface area contributed by atoms with E-state index in [-0.39, 0.29) is 11.9 Å². The van der Waals surface area contributed by atoms with Crippen LogP contribution >= 0.6 is 0 Å². The summed E-state index contributed by atoms with van der Waals surface area (Å²) < 4.78 is 0. The highest BCUT2D eigenvalue weighted by Crippen LogP contribution is 2.36. The van der Waals surface area contributed by atoms with E-state index >= 15 is 0 Å². The Morgan fingerprint density at radius 3 is 2.75 bits per heavy atom. The van der Waals surface area contributed by atoms with Crippen molar-refractivity contribution < 1.29 is 4.79 Å². The van der Waals surface area contributed by atoms with Gasteiger partial charge >= 0.3 is 0 Å². The number of carbonyl (C=O) groups is 1. The van der Waals surface area contributed by atoms with E-state index in [0.717, 1.165) is 72.6 Å². The Kier molecular flexibility index (Phi) is 7.17. The molecule has 1 saturated heterocycles. The molecule has 6 rings (SSSR count). The molecule has 10 nitrogen and oxygen atoms in total. The molecule has 0 radical (unpaired) electrons. The van der Waals surface area contributed by atoms with E-state index in [4.69, 9.17) is 4.99 Å². The fraction of sp³-hybridized carbons (Fsp3) is 0.367. The van der Waals surface area contributed by atoms with Gasteiger partial charge in [-0.2, -0.15) is 5.10 Å². The number of nitrogens with one attached hydrogen (secondary N) is 3. The largest absolute Gasteiger partial charge is 0.368 e. The van der Waals surface area contributed by atoms with Gasteiger partial charge in [-0.1, -0.05) is 13.3 Å². The first kappa shape index (κ1) is 25.9. The number of fused-ring (bicyclic) bond motifs is 2. The number of unbranched alkanes of at least 4 members (excludes halogenated alkanes) is 1. The third-order valence-corrected chi connectivity index (χ3v) is 7.72. The molecule has 6 heterocycles. The number of nitrogens with zero attached hydrogens (tertiary/aromatic N) is 6. The van der Waals surface area contributed by atoms with Crippen LogP contribution in [0.15, 0.2) is 47.9 Å². The van der Waals surface area contributed by atoms with E-state index in [1.807, 2.05) is 12.3 Å². The summed E-state index contributed by atoms with van der Waals surface area (Å²) in [7, 11) is 2.17. The second-order valence-corrected chi connectivity index (χ2v) is 10.6. The molecule has 2 aliphatic heterocycles. The molecule has 1 amide bonds. The quantitative estimate of drug-likeness (QED) is 0.309. The zero-order valence-electron chi connectivity index (χ0n) is 23.2. The highest BCUT2D eigenvalue weighted by atomic mass is 16.1. The SMILES string of the molecule is CCCCC(=O)Nc1cncc(-c2cnc3n[nH]c(-c4cc5c([nH]4)C(C)N=CC=C5N4CCN(C)CC4)c3c2)c1. The number of hydrogen-bond acceptors (Lipinski definition) is 7. The Hall–Kier alpha value is -4.31. The van der Waals surface area contributed by atoms with Crippen molar-refractivity contribution in [1.82, 2.24) is 34.9 Å². The normalized spacial score (nSPS) is 17.5. The predicted octanol–water partition coefficient (Wildman–Crippen LogP) is 4.88. The molecule has 3 N–H and O–H groups in total. The van der Waals surface area contributed by atoms with Gasteiger partial charge in [0, 0.05) is 84.7 Å². The fourth-order valence-electron chi connectivity index (χ4n) is 5.37. The third kappa shape index (κ3) is 5.14. The first-order valence-electron chi connectivity index (χ1n) is 14.0. The van der Waals surface area contributed by atoms with Gasteiger partial charge in [0.1, 0.15) is 0 Å². The fourth-order valence-corrected chi connectivity index (χ4v) is 5.37. The number of allylic oxidation sites excluding steroid dienone is 1. The molecule has 40 heavy (non-hydrogen) atoms. The number of piperazine rings is 1. The Morgan fingerprint density at radius 1 is 1.10 bits per heavy atom. The number of rotatable bonds is 7. The van der Waals surface area contributed by atoms with Crippen molar-refractivity contribution in [3.8, 4) is 22.5 Å². The standard InChI is InChI=1S/C30H35N9O/c1-4-5-6-27(40)34-22-13-20(16-31-18-22)21-14-24-29(36-37-30(24)33-17-21)25-15-23-26(39-11-9-38(3)10-12-39)7-8-32-19(2)28(23)35-25/h7-8,13-19,35H,4-6,9-12H2,1-3H3,(H,34,40)(H,33,36,37). The maximum atomic E-state index is 12.2. The van der Waals surface area contributed by atoms with Crippen molar-refractivity contribution in [2.75, 3.05) is 38.5 Å². The van der Waals surface area contributed by atoms with Gasteiger partial charge in [0.15, 0.2) is 5.65 Å².